The van der Waals surface area contributed by atoms with Crippen LogP contribution in [0.2, 0.25) is 5.02 Å². The summed E-state index contributed by atoms with van der Waals surface area (Å²) in [6.07, 6.45) is 3.73. The Kier molecular flexibility index (Phi) is 6.41. The van der Waals surface area contributed by atoms with Crippen molar-refractivity contribution in [2.75, 3.05) is 30.4 Å². The number of anilines is 3. The molecule has 34 heavy (non-hydrogen) atoms. The minimum Gasteiger partial charge on any atom is -0.496 e. The van der Waals surface area contributed by atoms with Crippen molar-refractivity contribution in [2.45, 2.75) is 6.42 Å². The molecule has 0 aliphatic heterocycles. The minimum absolute atomic E-state index is 0.0787. The van der Waals surface area contributed by atoms with Crippen LogP contribution in [0.1, 0.15) is 5.69 Å². The zero-order chi connectivity index (χ0) is 24.2. The number of ether oxygens (including phenoxy) is 1. The summed E-state index contributed by atoms with van der Waals surface area (Å²) in [5.41, 5.74) is 13.9. The number of benzene rings is 1. The van der Waals surface area contributed by atoms with Crippen LogP contribution in [0, 0.1) is 10.1 Å². The average molecular weight is 482 g/mol. The fraction of sp³-hybridized carbons (Fsp3) is 0.143. The number of halogens is 1. The molecule has 3 heterocycles. The number of nitrogen functional groups attached to an aromatic ring is 2. The maximum Gasteiger partial charge on any atom is 0.311 e. The summed E-state index contributed by atoms with van der Waals surface area (Å²) >= 11 is 6.13. The molecule has 0 fully saturated rings. The summed E-state index contributed by atoms with van der Waals surface area (Å²) in [5, 5.41) is 14.6. The normalized spacial score (nSPS) is 10.8. The maximum absolute atomic E-state index is 10.9. The third-order valence-electron chi connectivity index (χ3n) is 4.92. The summed E-state index contributed by atoms with van der Waals surface area (Å²) in [5.74, 6) is 1.38. The zero-order valence-corrected chi connectivity index (χ0v) is 18.7. The van der Waals surface area contributed by atoms with Crippen molar-refractivity contribution in [3.05, 3.63) is 63.6 Å². The predicted molar refractivity (Wildman–Crippen MR) is 129 cm³/mol. The number of hydrogen-bond donors (Lipinski definition) is 4. The molecule has 12 nitrogen and oxygen atoms in total. The van der Waals surface area contributed by atoms with E-state index in [1.54, 1.807) is 37.7 Å². The first kappa shape index (κ1) is 22.7. The SMILES string of the molecule is COc1cc(Cl)ccc1-c1nc(N)nc(CCNc2ccc([N+](=O)[O-])c(N)n2)c1-c1ncc[nH]1. The van der Waals surface area contributed by atoms with Gasteiger partial charge in [0.15, 0.2) is 0 Å². The number of nitrogens with one attached hydrogen (secondary N) is 2. The van der Waals surface area contributed by atoms with Gasteiger partial charge in [0.05, 0.1) is 29.0 Å². The van der Waals surface area contributed by atoms with Crippen LogP contribution in [0.4, 0.5) is 23.3 Å². The van der Waals surface area contributed by atoms with E-state index in [4.69, 9.17) is 27.8 Å². The Bertz CT molecular complexity index is 1350. The number of H-pyrrole nitrogens is 1. The second-order valence-corrected chi connectivity index (χ2v) is 7.51. The standard InChI is InChI=1S/C21H20ClN9O3/c1-34-15-10-11(22)2-3-12(15)18-17(20-26-8-9-27-20)13(28-21(24)30-18)6-7-25-16-5-4-14(31(32)33)19(23)29-16/h2-5,8-10H,6-7H2,1H3,(H,26,27)(H3,23,25,29)(H2,24,28,30). The Labute approximate surface area is 198 Å². The first-order valence-electron chi connectivity index (χ1n) is 10.0. The molecule has 0 unspecified atom stereocenters. The number of methoxy groups -OCH3 is 1. The van der Waals surface area contributed by atoms with Crippen LogP contribution >= 0.6 is 11.6 Å². The number of hydrogen-bond acceptors (Lipinski definition) is 10. The molecule has 4 aromatic rings. The van der Waals surface area contributed by atoms with Gasteiger partial charge < -0.3 is 26.5 Å². The Balaban J connectivity index is 1.69. The van der Waals surface area contributed by atoms with Crippen LogP contribution in [0.15, 0.2) is 42.7 Å². The Morgan fingerprint density at radius 3 is 2.71 bits per heavy atom. The highest BCUT2D eigenvalue weighted by Crippen LogP contribution is 2.38. The number of imidazole rings is 1. The molecule has 0 aliphatic carbocycles. The van der Waals surface area contributed by atoms with Crippen LogP contribution in [-0.4, -0.2) is 43.5 Å². The highest BCUT2D eigenvalue weighted by atomic mass is 35.5. The number of nitro groups is 1. The minimum atomic E-state index is -0.585. The second kappa shape index (κ2) is 9.58. The lowest BCUT2D eigenvalue weighted by Gasteiger charge is -2.16. The van der Waals surface area contributed by atoms with Gasteiger partial charge in [0, 0.05) is 42.0 Å². The number of aromatic nitrogens is 5. The van der Waals surface area contributed by atoms with Gasteiger partial charge in [-0.25, -0.2) is 19.9 Å². The van der Waals surface area contributed by atoms with Gasteiger partial charge in [0.2, 0.25) is 11.8 Å². The van der Waals surface area contributed by atoms with Gasteiger partial charge in [-0.2, -0.15) is 0 Å². The second-order valence-electron chi connectivity index (χ2n) is 7.07. The van der Waals surface area contributed by atoms with Gasteiger partial charge in [-0.1, -0.05) is 11.6 Å². The number of rotatable bonds is 8. The molecule has 0 radical (unpaired) electrons. The van der Waals surface area contributed by atoms with E-state index >= 15 is 0 Å². The summed E-state index contributed by atoms with van der Waals surface area (Å²) in [4.78, 5) is 30.8. The predicted octanol–water partition coefficient (Wildman–Crippen LogP) is 3.32. The van der Waals surface area contributed by atoms with Crippen LogP contribution in [0.3, 0.4) is 0 Å². The van der Waals surface area contributed by atoms with Gasteiger partial charge in [-0.15, -0.1) is 0 Å². The smallest absolute Gasteiger partial charge is 0.311 e. The van der Waals surface area contributed by atoms with Crippen LogP contribution in [0.25, 0.3) is 22.6 Å². The van der Waals surface area contributed by atoms with E-state index in [1.807, 2.05) is 0 Å². The fourth-order valence-corrected chi connectivity index (χ4v) is 3.61. The molecule has 4 rings (SSSR count). The molecule has 0 amide bonds. The van der Waals surface area contributed by atoms with Crippen LogP contribution < -0.4 is 21.5 Å². The number of aromatic amines is 1. The molecule has 13 heteroatoms. The quantitative estimate of drug-likeness (QED) is 0.215. The van der Waals surface area contributed by atoms with Gasteiger partial charge in [0.1, 0.15) is 17.4 Å². The molecule has 0 saturated carbocycles. The van der Waals surface area contributed by atoms with Crippen molar-refractivity contribution in [3.8, 4) is 28.4 Å². The van der Waals surface area contributed by atoms with E-state index in [1.165, 1.54) is 12.1 Å². The molecule has 6 N–H and O–H groups in total. The Morgan fingerprint density at radius 1 is 1.21 bits per heavy atom. The molecule has 0 saturated heterocycles. The summed E-state index contributed by atoms with van der Waals surface area (Å²) < 4.78 is 5.51. The number of pyridine rings is 1. The molecular weight excluding hydrogens is 462 g/mol. The summed E-state index contributed by atoms with van der Waals surface area (Å²) in [7, 11) is 1.54. The molecule has 0 spiro atoms. The summed E-state index contributed by atoms with van der Waals surface area (Å²) in [6.45, 7) is 0.381. The highest BCUT2D eigenvalue weighted by Gasteiger charge is 2.21. The Morgan fingerprint density at radius 2 is 2.03 bits per heavy atom. The molecular formula is C21H20ClN9O3. The van der Waals surface area contributed by atoms with Gasteiger partial charge in [0.25, 0.3) is 0 Å². The van der Waals surface area contributed by atoms with Crippen LogP contribution in [-0.2, 0) is 6.42 Å². The molecule has 1 aromatic carbocycles. The molecule has 0 atom stereocenters. The lowest BCUT2D eigenvalue weighted by Crippen LogP contribution is -2.12. The first-order chi connectivity index (χ1) is 16.4. The molecule has 3 aromatic heterocycles. The maximum atomic E-state index is 10.9. The van der Waals surface area contributed by atoms with Gasteiger partial charge >= 0.3 is 5.69 Å². The van der Waals surface area contributed by atoms with Crippen molar-refractivity contribution >= 4 is 34.9 Å². The lowest BCUT2D eigenvalue weighted by molar-refractivity contribution is -0.384. The summed E-state index contributed by atoms with van der Waals surface area (Å²) in [6, 6.07) is 8.00. The van der Waals surface area contributed by atoms with E-state index in [2.05, 4.69) is 30.2 Å². The number of nitrogens with two attached hydrogens (primary N) is 2. The topological polar surface area (TPSA) is 184 Å². The van der Waals surface area contributed by atoms with Crippen molar-refractivity contribution in [3.63, 3.8) is 0 Å². The zero-order valence-electron chi connectivity index (χ0n) is 17.9. The Hall–Kier alpha value is -4.45. The van der Waals surface area contributed by atoms with E-state index < -0.39 is 4.92 Å². The average Bonchev–Trinajstić information content (AvgIpc) is 3.33. The van der Waals surface area contributed by atoms with E-state index in [9.17, 15) is 10.1 Å². The van der Waals surface area contributed by atoms with Crippen LogP contribution in [0.5, 0.6) is 5.75 Å². The van der Waals surface area contributed by atoms with E-state index in [0.29, 0.717) is 57.9 Å². The largest absolute Gasteiger partial charge is 0.496 e. The molecule has 0 aliphatic rings. The van der Waals surface area contributed by atoms with Crippen molar-refractivity contribution in [1.82, 2.24) is 24.9 Å². The van der Waals surface area contributed by atoms with Gasteiger partial charge in [-0.3, -0.25) is 10.1 Å². The van der Waals surface area contributed by atoms with Crippen molar-refractivity contribution in [1.29, 1.82) is 0 Å². The van der Waals surface area contributed by atoms with E-state index in [0.717, 1.165) is 0 Å². The van der Waals surface area contributed by atoms with Crippen molar-refractivity contribution in [2.24, 2.45) is 0 Å². The monoisotopic (exact) mass is 481 g/mol. The highest BCUT2D eigenvalue weighted by molar-refractivity contribution is 6.30. The lowest BCUT2D eigenvalue weighted by atomic mass is 10.0. The van der Waals surface area contributed by atoms with Crippen molar-refractivity contribution < 1.29 is 9.66 Å². The third kappa shape index (κ3) is 4.66. The fourth-order valence-electron chi connectivity index (χ4n) is 3.44. The third-order valence-corrected chi connectivity index (χ3v) is 5.16. The molecule has 0 bridgehead atoms. The van der Waals surface area contributed by atoms with Gasteiger partial charge in [-0.05, 0) is 24.3 Å². The van der Waals surface area contributed by atoms with E-state index in [-0.39, 0.29) is 17.5 Å². The number of nitrogens with zero attached hydrogens (tertiary/aromatic N) is 5. The first-order valence-corrected chi connectivity index (χ1v) is 10.4. The molecule has 174 valence electrons.